The first-order valence-electron chi connectivity index (χ1n) is 10.1. The van der Waals surface area contributed by atoms with Crippen LogP contribution in [0.1, 0.15) is 41.6 Å². The van der Waals surface area contributed by atoms with Gasteiger partial charge in [0, 0.05) is 24.7 Å². The number of ether oxygens (including phenoxy) is 1. The molecule has 0 aromatic heterocycles. The minimum absolute atomic E-state index is 0.101. The summed E-state index contributed by atoms with van der Waals surface area (Å²) >= 11 is 0. The van der Waals surface area contributed by atoms with Crippen LogP contribution in [-0.2, 0) is 16.1 Å². The fourth-order valence-corrected chi connectivity index (χ4v) is 3.43. The summed E-state index contributed by atoms with van der Waals surface area (Å²) in [7, 11) is 0. The number of nitrogens with zero attached hydrogens (tertiary/aromatic N) is 2. The van der Waals surface area contributed by atoms with Gasteiger partial charge in [0.05, 0.1) is 4.92 Å². The molecule has 1 amide bonds. The Balaban J connectivity index is 1.60. The summed E-state index contributed by atoms with van der Waals surface area (Å²) in [5.74, 6) is -1.14. The summed E-state index contributed by atoms with van der Waals surface area (Å²) in [6.45, 7) is 1.33. The van der Waals surface area contributed by atoms with Crippen molar-refractivity contribution in [1.82, 2.24) is 5.32 Å². The zero-order valence-electron chi connectivity index (χ0n) is 16.7. The first-order chi connectivity index (χ1) is 14.5. The number of nitrogens with one attached hydrogen (secondary N) is 1. The van der Waals surface area contributed by atoms with E-state index < -0.39 is 16.8 Å². The summed E-state index contributed by atoms with van der Waals surface area (Å²) in [6.07, 6.45) is 4.21. The Kier molecular flexibility index (Phi) is 7.37. The fraction of sp³-hybridized carbons (Fsp3) is 0.364. The SMILES string of the molecule is O=C(CNC(=O)c1ccc(N2CCCCCC2)c([N+](=O)[O-])c1)OCc1ccccc1. The lowest BCUT2D eigenvalue weighted by molar-refractivity contribution is -0.384. The van der Waals surface area contributed by atoms with Crippen molar-refractivity contribution in [3.8, 4) is 0 Å². The Morgan fingerprint density at radius 1 is 1.03 bits per heavy atom. The van der Waals surface area contributed by atoms with Crippen molar-refractivity contribution in [3.05, 3.63) is 69.8 Å². The molecule has 0 radical (unpaired) electrons. The van der Waals surface area contributed by atoms with Crippen molar-refractivity contribution >= 4 is 23.3 Å². The molecule has 158 valence electrons. The molecule has 1 N–H and O–H groups in total. The lowest BCUT2D eigenvalue weighted by atomic mass is 10.1. The van der Waals surface area contributed by atoms with Gasteiger partial charge in [-0.25, -0.2) is 0 Å². The molecule has 0 spiro atoms. The molecule has 30 heavy (non-hydrogen) atoms. The van der Waals surface area contributed by atoms with Crippen LogP contribution in [0.5, 0.6) is 0 Å². The highest BCUT2D eigenvalue weighted by molar-refractivity contribution is 5.97. The number of anilines is 1. The molecule has 0 unspecified atom stereocenters. The number of hydrogen-bond acceptors (Lipinski definition) is 6. The number of hydrogen-bond donors (Lipinski definition) is 1. The molecule has 1 heterocycles. The molecule has 1 aliphatic heterocycles. The van der Waals surface area contributed by atoms with Crippen molar-refractivity contribution in [3.63, 3.8) is 0 Å². The summed E-state index contributed by atoms with van der Waals surface area (Å²) in [4.78, 5) is 37.4. The number of amides is 1. The molecule has 0 bridgehead atoms. The Morgan fingerprint density at radius 2 is 1.73 bits per heavy atom. The number of esters is 1. The van der Waals surface area contributed by atoms with Crippen LogP contribution in [0.25, 0.3) is 0 Å². The van der Waals surface area contributed by atoms with Crippen molar-refractivity contribution < 1.29 is 19.2 Å². The maximum absolute atomic E-state index is 12.4. The second-order valence-electron chi connectivity index (χ2n) is 7.19. The second kappa shape index (κ2) is 10.4. The van der Waals surface area contributed by atoms with Crippen LogP contribution in [-0.4, -0.2) is 36.4 Å². The van der Waals surface area contributed by atoms with Crippen LogP contribution >= 0.6 is 0 Å². The van der Waals surface area contributed by atoms with Crippen molar-refractivity contribution in [2.24, 2.45) is 0 Å². The molecule has 2 aromatic carbocycles. The number of benzene rings is 2. The van der Waals surface area contributed by atoms with Gasteiger partial charge in [0.1, 0.15) is 18.8 Å². The molecule has 2 aromatic rings. The van der Waals surface area contributed by atoms with Gasteiger partial charge in [0.15, 0.2) is 0 Å². The van der Waals surface area contributed by atoms with Gasteiger partial charge in [-0.15, -0.1) is 0 Å². The Labute approximate surface area is 175 Å². The summed E-state index contributed by atoms with van der Waals surface area (Å²) in [5, 5.41) is 14.0. The first-order valence-corrected chi connectivity index (χ1v) is 10.1. The van der Waals surface area contributed by atoms with E-state index in [1.165, 1.54) is 6.07 Å². The van der Waals surface area contributed by atoms with Crippen molar-refractivity contribution in [2.75, 3.05) is 24.5 Å². The molecule has 0 aliphatic carbocycles. The average molecular weight is 411 g/mol. The van der Waals surface area contributed by atoms with Gasteiger partial charge in [-0.3, -0.25) is 19.7 Å². The minimum atomic E-state index is -0.581. The molecule has 8 nitrogen and oxygen atoms in total. The minimum Gasteiger partial charge on any atom is -0.460 e. The summed E-state index contributed by atoms with van der Waals surface area (Å²) < 4.78 is 5.12. The quantitative estimate of drug-likeness (QED) is 0.425. The van der Waals surface area contributed by atoms with Gasteiger partial charge < -0.3 is 15.0 Å². The standard InChI is InChI=1S/C22H25N3O5/c26-21(30-16-17-8-4-3-5-9-17)15-23-22(27)18-10-11-19(20(14-18)25(28)29)24-12-6-1-2-7-13-24/h3-5,8-11,14H,1-2,6-7,12-13,15-16H2,(H,23,27). The maximum Gasteiger partial charge on any atom is 0.325 e. The average Bonchev–Trinajstić information content (AvgIpc) is 3.05. The second-order valence-corrected chi connectivity index (χ2v) is 7.19. The van der Waals surface area contributed by atoms with Gasteiger partial charge in [-0.05, 0) is 30.5 Å². The van der Waals surface area contributed by atoms with Crippen LogP contribution in [0, 0.1) is 10.1 Å². The highest BCUT2D eigenvalue weighted by Crippen LogP contribution is 2.31. The normalized spacial score (nSPS) is 13.9. The monoisotopic (exact) mass is 411 g/mol. The van der Waals surface area contributed by atoms with E-state index in [-0.39, 0.29) is 24.4 Å². The highest BCUT2D eigenvalue weighted by atomic mass is 16.6. The topological polar surface area (TPSA) is 102 Å². The van der Waals surface area contributed by atoms with Crippen LogP contribution in [0.4, 0.5) is 11.4 Å². The third-order valence-electron chi connectivity index (χ3n) is 5.02. The molecular formula is C22H25N3O5. The number of carbonyl (C=O) groups is 2. The van der Waals surface area contributed by atoms with Gasteiger partial charge in [-0.2, -0.15) is 0 Å². The summed E-state index contributed by atoms with van der Waals surface area (Å²) in [5.41, 5.74) is 1.41. The molecule has 1 saturated heterocycles. The predicted molar refractivity (Wildman–Crippen MR) is 112 cm³/mol. The van der Waals surface area contributed by atoms with Crippen molar-refractivity contribution in [2.45, 2.75) is 32.3 Å². The Hall–Kier alpha value is -3.42. The third kappa shape index (κ3) is 5.79. The highest BCUT2D eigenvalue weighted by Gasteiger charge is 2.23. The first kappa shape index (κ1) is 21.3. The van der Waals surface area contributed by atoms with E-state index >= 15 is 0 Å². The van der Waals surface area contributed by atoms with Crippen LogP contribution in [0.2, 0.25) is 0 Å². The third-order valence-corrected chi connectivity index (χ3v) is 5.02. The van der Waals surface area contributed by atoms with E-state index in [0.717, 1.165) is 44.3 Å². The van der Waals surface area contributed by atoms with E-state index in [2.05, 4.69) is 5.32 Å². The Morgan fingerprint density at radius 3 is 2.40 bits per heavy atom. The van der Waals surface area contributed by atoms with Gasteiger partial charge >= 0.3 is 5.97 Å². The fourth-order valence-electron chi connectivity index (χ4n) is 3.43. The molecule has 1 fully saturated rings. The molecule has 1 aliphatic rings. The molecular weight excluding hydrogens is 386 g/mol. The van der Waals surface area contributed by atoms with Gasteiger partial charge in [-0.1, -0.05) is 43.2 Å². The van der Waals surface area contributed by atoms with Crippen LogP contribution in [0.15, 0.2) is 48.5 Å². The molecule has 3 rings (SSSR count). The van der Waals surface area contributed by atoms with E-state index in [1.54, 1.807) is 12.1 Å². The van der Waals surface area contributed by atoms with Crippen LogP contribution < -0.4 is 10.2 Å². The van der Waals surface area contributed by atoms with Gasteiger partial charge in [0.25, 0.3) is 11.6 Å². The van der Waals surface area contributed by atoms with Crippen molar-refractivity contribution in [1.29, 1.82) is 0 Å². The molecule has 0 atom stereocenters. The number of nitro groups is 1. The molecule has 0 saturated carbocycles. The Bertz CT molecular complexity index is 893. The number of nitro benzene ring substituents is 1. The number of rotatable bonds is 7. The zero-order chi connectivity index (χ0) is 21.3. The lowest BCUT2D eigenvalue weighted by Crippen LogP contribution is -2.31. The lowest BCUT2D eigenvalue weighted by Gasteiger charge is -2.22. The van der Waals surface area contributed by atoms with E-state index in [0.29, 0.717) is 5.69 Å². The smallest absolute Gasteiger partial charge is 0.325 e. The van der Waals surface area contributed by atoms with E-state index in [9.17, 15) is 19.7 Å². The van der Waals surface area contributed by atoms with E-state index in [1.807, 2.05) is 35.2 Å². The van der Waals surface area contributed by atoms with E-state index in [4.69, 9.17) is 4.74 Å². The van der Waals surface area contributed by atoms with Crippen LogP contribution in [0.3, 0.4) is 0 Å². The molecule has 8 heteroatoms. The zero-order valence-corrected chi connectivity index (χ0v) is 16.7. The summed E-state index contributed by atoms with van der Waals surface area (Å²) in [6, 6.07) is 13.6. The van der Waals surface area contributed by atoms with Gasteiger partial charge in [0.2, 0.25) is 0 Å². The largest absolute Gasteiger partial charge is 0.460 e. The number of carbonyl (C=O) groups excluding carboxylic acids is 2. The predicted octanol–water partition coefficient (Wildman–Crippen LogP) is 3.45. The maximum atomic E-state index is 12.4.